The largest absolute Gasteiger partial charge is 0.143 e. The molecule has 0 saturated carbocycles. The highest BCUT2D eigenvalue weighted by molar-refractivity contribution is 7.28. The quantitative estimate of drug-likeness (QED) is 0.412. The highest BCUT2D eigenvalue weighted by atomic mass is 32.1. The van der Waals surface area contributed by atoms with Gasteiger partial charge in [-0.3, -0.25) is 0 Å². The number of fused-ring (bicyclic) bond motifs is 2. The molecule has 0 atom stereocenters. The third-order valence-electron chi connectivity index (χ3n) is 3.19. The van der Waals surface area contributed by atoms with Crippen LogP contribution in [0, 0.1) is 0 Å². The summed E-state index contributed by atoms with van der Waals surface area (Å²) in [6, 6.07) is 19.8. The summed E-state index contributed by atoms with van der Waals surface area (Å²) < 4.78 is 2.78. The summed E-state index contributed by atoms with van der Waals surface area (Å²) in [5.41, 5.74) is 3.92. The molecule has 2 aromatic heterocycles. The first-order valence-electron chi connectivity index (χ1n) is 5.86. The summed E-state index contributed by atoms with van der Waals surface area (Å²) in [7, 11) is 0. The van der Waals surface area contributed by atoms with Crippen molar-refractivity contribution in [2.24, 2.45) is 0 Å². The minimum atomic E-state index is 1.31. The molecule has 2 aliphatic rings. The molecule has 0 aromatic carbocycles. The first-order chi connectivity index (χ1) is 8.90. The lowest BCUT2D eigenvalue weighted by atomic mass is 10.2. The van der Waals surface area contributed by atoms with Gasteiger partial charge in [-0.2, -0.15) is 0 Å². The van der Waals surface area contributed by atoms with Crippen LogP contribution in [0.15, 0.2) is 60.0 Å². The van der Waals surface area contributed by atoms with Gasteiger partial charge in [0.15, 0.2) is 0 Å². The minimum Gasteiger partial charge on any atom is -0.143 e. The van der Waals surface area contributed by atoms with E-state index < -0.39 is 0 Å². The predicted molar refractivity (Wildman–Crippen MR) is 81.8 cm³/mol. The highest BCUT2D eigenvalue weighted by Gasteiger charge is 2.05. The lowest BCUT2D eigenvalue weighted by Crippen LogP contribution is -1.63. The molecule has 0 radical (unpaired) electrons. The van der Waals surface area contributed by atoms with Crippen LogP contribution < -0.4 is 0 Å². The number of hydrogen-bond acceptors (Lipinski definition) is 2. The van der Waals surface area contributed by atoms with Gasteiger partial charge in [0.1, 0.15) is 0 Å². The monoisotopic (exact) mass is 266 g/mol. The molecule has 86 valence electrons. The van der Waals surface area contributed by atoms with E-state index in [4.69, 9.17) is 0 Å². The fraction of sp³-hybridized carbons (Fsp3) is 0. The van der Waals surface area contributed by atoms with Crippen molar-refractivity contribution in [2.45, 2.75) is 0 Å². The molecule has 2 heteroatoms. The molecule has 0 unspecified atom stereocenters. The van der Waals surface area contributed by atoms with Crippen molar-refractivity contribution in [2.75, 3.05) is 0 Å². The Hall–Kier alpha value is -1.64. The Morgan fingerprint density at radius 3 is 2.11 bits per heavy atom. The Balaban J connectivity index is 1.91. The number of thiophene rings is 2. The fourth-order valence-electron chi connectivity index (χ4n) is 2.24. The lowest BCUT2D eigenvalue weighted by Gasteiger charge is -1.90. The summed E-state index contributed by atoms with van der Waals surface area (Å²) in [6.07, 6.45) is 0. The Bertz CT molecular complexity index is 732. The molecule has 0 N–H and O–H groups in total. The number of rotatable bonds is 1. The minimum absolute atomic E-state index is 1.31. The lowest BCUT2D eigenvalue weighted by molar-refractivity contribution is 1.82. The smallest absolute Gasteiger partial charge is 0.0457 e. The van der Waals surface area contributed by atoms with Crippen LogP contribution >= 0.6 is 22.7 Å². The van der Waals surface area contributed by atoms with Crippen LogP contribution in [0.2, 0.25) is 0 Å². The zero-order chi connectivity index (χ0) is 11.9. The molecule has 0 saturated heterocycles. The third-order valence-corrected chi connectivity index (χ3v) is 5.34. The highest BCUT2D eigenvalue weighted by Crippen LogP contribution is 2.36. The molecule has 2 heterocycles. The molecule has 2 aliphatic carbocycles. The van der Waals surface area contributed by atoms with E-state index in [9.17, 15) is 0 Å². The average Bonchev–Trinajstić information content (AvgIpc) is 3.03. The molecule has 4 rings (SSSR count). The van der Waals surface area contributed by atoms with Crippen LogP contribution in [0.4, 0.5) is 0 Å². The van der Waals surface area contributed by atoms with Crippen molar-refractivity contribution in [1.82, 2.24) is 0 Å². The van der Waals surface area contributed by atoms with Crippen molar-refractivity contribution in [1.29, 1.82) is 0 Å². The fourth-order valence-corrected chi connectivity index (χ4v) is 4.35. The second kappa shape index (κ2) is 3.94. The van der Waals surface area contributed by atoms with Crippen LogP contribution in [0.1, 0.15) is 0 Å². The molecule has 0 bridgehead atoms. The van der Waals surface area contributed by atoms with E-state index in [1.807, 2.05) is 22.7 Å². The van der Waals surface area contributed by atoms with E-state index in [0.717, 1.165) is 0 Å². The first kappa shape index (κ1) is 10.3. The summed E-state index contributed by atoms with van der Waals surface area (Å²) in [5.74, 6) is 0. The SMILES string of the molecule is c1cc2ccc(-c3cc4sccc4s3)ccc-2c1. The molecule has 2 aromatic rings. The van der Waals surface area contributed by atoms with Gasteiger partial charge in [0.05, 0.1) is 0 Å². The molecular weight excluding hydrogens is 256 g/mol. The van der Waals surface area contributed by atoms with Gasteiger partial charge in [-0.05, 0) is 34.2 Å². The molecule has 18 heavy (non-hydrogen) atoms. The standard InChI is InChI=1S/C16H10S2/c1-2-11-4-6-13(7-5-12(11)3-1)15-10-16-14(18-15)8-9-17-16/h1-10H. The molecule has 0 spiro atoms. The van der Waals surface area contributed by atoms with E-state index in [0.29, 0.717) is 0 Å². The van der Waals surface area contributed by atoms with Crippen molar-refractivity contribution in [3.8, 4) is 21.6 Å². The van der Waals surface area contributed by atoms with Crippen LogP contribution in [-0.4, -0.2) is 0 Å². The van der Waals surface area contributed by atoms with Gasteiger partial charge in [-0.15, -0.1) is 22.7 Å². The molecular formula is C16H10S2. The maximum Gasteiger partial charge on any atom is 0.0457 e. The van der Waals surface area contributed by atoms with Crippen molar-refractivity contribution >= 4 is 32.1 Å². The molecule has 0 fully saturated rings. The van der Waals surface area contributed by atoms with Crippen LogP contribution in [0.25, 0.3) is 31.0 Å². The Morgan fingerprint density at radius 1 is 0.667 bits per heavy atom. The summed E-state index contributed by atoms with van der Waals surface area (Å²) in [4.78, 5) is 1.36. The van der Waals surface area contributed by atoms with Gasteiger partial charge in [0, 0.05) is 14.3 Å². The average molecular weight is 266 g/mol. The maximum atomic E-state index is 2.30. The van der Waals surface area contributed by atoms with Crippen molar-refractivity contribution < 1.29 is 0 Å². The van der Waals surface area contributed by atoms with Crippen LogP contribution in [-0.2, 0) is 0 Å². The third kappa shape index (κ3) is 1.57. The van der Waals surface area contributed by atoms with Crippen molar-refractivity contribution in [3.63, 3.8) is 0 Å². The number of hydrogen-bond donors (Lipinski definition) is 0. The maximum absolute atomic E-state index is 2.30. The van der Waals surface area contributed by atoms with Crippen LogP contribution in [0.3, 0.4) is 0 Å². The van der Waals surface area contributed by atoms with E-state index in [2.05, 4.69) is 60.0 Å². The Morgan fingerprint density at radius 2 is 1.39 bits per heavy atom. The zero-order valence-electron chi connectivity index (χ0n) is 9.59. The molecule has 0 amide bonds. The Kier molecular flexibility index (Phi) is 2.25. The van der Waals surface area contributed by atoms with Gasteiger partial charge in [0.2, 0.25) is 0 Å². The van der Waals surface area contributed by atoms with E-state index >= 15 is 0 Å². The summed E-state index contributed by atoms with van der Waals surface area (Å²) in [6.45, 7) is 0. The van der Waals surface area contributed by atoms with E-state index in [-0.39, 0.29) is 0 Å². The normalized spacial score (nSPS) is 11.3. The zero-order valence-corrected chi connectivity index (χ0v) is 11.2. The van der Waals surface area contributed by atoms with E-state index in [1.54, 1.807) is 0 Å². The summed E-state index contributed by atoms with van der Waals surface area (Å²) >= 11 is 3.69. The second-order valence-corrected chi connectivity index (χ2v) is 6.35. The van der Waals surface area contributed by atoms with E-state index in [1.165, 1.54) is 31.0 Å². The van der Waals surface area contributed by atoms with Gasteiger partial charge >= 0.3 is 0 Å². The first-order valence-corrected chi connectivity index (χ1v) is 7.56. The topological polar surface area (TPSA) is 0 Å². The van der Waals surface area contributed by atoms with Gasteiger partial charge in [-0.25, -0.2) is 0 Å². The summed E-state index contributed by atoms with van der Waals surface area (Å²) in [5, 5.41) is 2.16. The predicted octanol–water partition coefficient (Wildman–Crippen LogP) is 5.73. The molecule has 0 nitrogen and oxygen atoms in total. The van der Waals surface area contributed by atoms with Gasteiger partial charge in [-0.1, -0.05) is 42.5 Å². The van der Waals surface area contributed by atoms with Crippen LogP contribution in [0.5, 0.6) is 0 Å². The van der Waals surface area contributed by atoms with Gasteiger partial charge in [0.25, 0.3) is 0 Å². The van der Waals surface area contributed by atoms with Gasteiger partial charge < -0.3 is 0 Å². The second-order valence-electron chi connectivity index (χ2n) is 4.32. The molecule has 0 aliphatic heterocycles. The Labute approximate surface area is 113 Å². The van der Waals surface area contributed by atoms with Crippen molar-refractivity contribution in [3.05, 3.63) is 60.0 Å².